The molecule has 0 radical (unpaired) electrons. The Morgan fingerprint density at radius 1 is 1.30 bits per heavy atom. The van der Waals surface area contributed by atoms with Crippen molar-refractivity contribution >= 4 is 28.1 Å². The number of nitrogens with zero attached hydrogens (tertiary/aromatic N) is 5. The predicted octanol–water partition coefficient (Wildman–Crippen LogP) is 4.09. The van der Waals surface area contributed by atoms with Gasteiger partial charge in [-0.25, -0.2) is 9.50 Å². The van der Waals surface area contributed by atoms with E-state index in [-0.39, 0.29) is 5.91 Å². The third-order valence-electron chi connectivity index (χ3n) is 5.90. The van der Waals surface area contributed by atoms with Crippen molar-refractivity contribution in [3.05, 3.63) is 48.5 Å². The van der Waals surface area contributed by atoms with E-state index < -0.39 is 0 Å². The van der Waals surface area contributed by atoms with E-state index in [0.717, 1.165) is 23.7 Å². The lowest BCUT2D eigenvalue weighted by Crippen LogP contribution is -2.17. The molecule has 1 fully saturated rings. The largest absolute Gasteiger partial charge is 0.496 e. The first-order valence-electron chi connectivity index (χ1n) is 10.3. The van der Waals surface area contributed by atoms with Crippen molar-refractivity contribution in [3.8, 4) is 5.75 Å². The van der Waals surface area contributed by atoms with Crippen LogP contribution in [0.2, 0.25) is 0 Å². The van der Waals surface area contributed by atoms with E-state index in [1.165, 1.54) is 12.8 Å². The van der Waals surface area contributed by atoms with E-state index in [9.17, 15) is 4.79 Å². The third-order valence-corrected chi connectivity index (χ3v) is 5.90. The lowest BCUT2D eigenvalue weighted by atomic mass is 9.87. The molecule has 0 aliphatic heterocycles. The summed E-state index contributed by atoms with van der Waals surface area (Å²) in [5.74, 6) is 0.937. The van der Waals surface area contributed by atoms with E-state index in [4.69, 9.17) is 9.84 Å². The first kappa shape index (κ1) is 18.6. The molecule has 4 aromatic rings. The number of nitrogens with one attached hydrogen (secondary N) is 1. The van der Waals surface area contributed by atoms with Crippen molar-refractivity contribution < 1.29 is 9.53 Å². The van der Waals surface area contributed by atoms with Gasteiger partial charge in [-0.1, -0.05) is 19.8 Å². The van der Waals surface area contributed by atoms with Gasteiger partial charge in [-0.05, 0) is 30.9 Å². The molecule has 2 unspecified atom stereocenters. The van der Waals surface area contributed by atoms with Crippen molar-refractivity contribution in [2.45, 2.75) is 38.6 Å². The molecule has 30 heavy (non-hydrogen) atoms. The van der Waals surface area contributed by atoms with Crippen LogP contribution < -0.4 is 10.1 Å². The van der Waals surface area contributed by atoms with Crippen LogP contribution in [-0.4, -0.2) is 37.4 Å². The SMILES string of the molecule is COc1cc2nn(C3CCCC(C)C3)cc2cc1C(=O)Nc1cnn2cccnc12. The van der Waals surface area contributed by atoms with Crippen LogP contribution in [0.15, 0.2) is 43.0 Å². The average Bonchev–Trinajstić information content (AvgIpc) is 3.36. The summed E-state index contributed by atoms with van der Waals surface area (Å²) < 4.78 is 9.19. The monoisotopic (exact) mass is 404 g/mol. The fourth-order valence-electron chi connectivity index (χ4n) is 4.35. The van der Waals surface area contributed by atoms with Crippen molar-refractivity contribution in [1.82, 2.24) is 24.4 Å². The molecule has 1 amide bonds. The highest BCUT2D eigenvalue weighted by Gasteiger charge is 2.23. The fourth-order valence-corrected chi connectivity index (χ4v) is 4.35. The standard InChI is InChI=1S/C22H24N6O2/c1-14-5-3-6-16(9-14)28-13-15-10-17(20(30-2)11-18(15)26-28)22(29)25-19-12-24-27-8-4-7-23-21(19)27/h4,7-8,10-14,16H,3,5-6,9H2,1-2H3,(H,25,29). The van der Waals surface area contributed by atoms with Crippen molar-refractivity contribution in [3.63, 3.8) is 0 Å². The summed E-state index contributed by atoms with van der Waals surface area (Å²) in [6.45, 7) is 2.30. The van der Waals surface area contributed by atoms with Crippen LogP contribution in [0, 0.1) is 5.92 Å². The molecule has 1 aromatic carbocycles. The molecule has 3 aromatic heterocycles. The van der Waals surface area contributed by atoms with E-state index >= 15 is 0 Å². The summed E-state index contributed by atoms with van der Waals surface area (Å²) in [6, 6.07) is 5.88. The first-order chi connectivity index (χ1) is 14.6. The molecule has 0 bridgehead atoms. The number of carbonyl (C=O) groups is 1. The molecular formula is C22H24N6O2. The molecule has 154 valence electrons. The van der Waals surface area contributed by atoms with E-state index in [2.05, 4.69) is 27.0 Å². The topological polar surface area (TPSA) is 86.3 Å². The zero-order valence-corrected chi connectivity index (χ0v) is 17.1. The second-order valence-corrected chi connectivity index (χ2v) is 8.05. The van der Waals surface area contributed by atoms with Gasteiger partial charge in [0.05, 0.1) is 30.4 Å². The summed E-state index contributed by atoms with van der Waals surface area (Å²) in [6.07, 6.45) is 11.9. The minimum absolute atomic E-state index is 0.270. The van der Waals surface area contributed by atoms with E-state index in [1.54, 1.807) is 36.3 Å². The predicted molar refractivity (Wildman–Crippen MR) is 114 cm³/mol. The minimum Gasteiger partial charge on any atom is -0.496 e. The third kappa shape index (κ3) is 3.28. The molecule has 5 rings (SSSR count). The van der Waals surface area contributed by atoms with Gasteiger partial charge in [-0.2, -0.15) is 10.2 Å². The van der Waals surface area contributed by atoms with Gasteiger partial charge >= 0.3 is 0 Å². The van der Waals surface area contributed by atoms with Gasteiger partial charge in [-0.15, -0.1) is 0 Å². The van der Waals surface area contributed by atoms with Gasteiger partial charge in [0.2, 0.25) is 0 Å². The zero-order valence-electron chi connectivity index (χ0n) is 17.1. The van der Waals surface area contributed by atoms with Gasteiger partial charge in [0, 0.05) is 30.0 Å². The maximum atomic E-state index is 13.0. The number of benzene rings is 1. The second kappa shape index (κ2) is 7.44. The normalized spacial score (nSPS) is 19.3. The van der Waals surface area contributed by atoms with Gasteiger partial charge in [0.1, 0.15) is 11.4 Å². The van der Waals surface area contributed by atoms with Crippen LogP contribution in [0.4, 0.5) is 5.69 Å². The number of methoxy groups -OCH3 is 1. The van der Waals surface area contributed by atoms with Gasteiger partial charge < -0.3 is 10.1 Å². The maximum absolute atomic E-state index is 13.0. The minimum atomic E-state index is -0.270. The van der Waals surface area contributed by atoms with Crippen molar-refractivity contribution in [2.75, 3.05) is 12.4 Å². The number of hydrogen-bond donors (Lipinski definition) is 1. The fraction of sp³-hybridized carbons (Fsp3) is 0.364. The highest BCUT2D eigenvalue weighted by Crippen LogP contribution is 2.34. The highest BCUT2D eigenvalue weighted by atomic mass is 16.5. The summed E-state index contributed by atoms with van der Waals surface area (Å²) in [7, 11) is 1.56. The van der Waals surface area contributed by atoms with Gasteiger partial charge in [-0.3, -0.25) is 9.48 Å². The Balaban J connectivity index is 1.47. The quantitative estimate of drug-likeness (QED) is 0.554. The van der Waals surface area contributed by atoms with Gasteiger partial charge in [0.15, 0.2) is 5.65 Å². The summed E-state index contributed by atoms with van der Waals surface area (Å²) in [4.78, 5) is 17.3. The van der Waals surface area contributed by atoms with E-state index in [1.807, 2.05) is 18.3 Å². The van der Waals surface area contributed by atoms with Crippen LogP contribution in [0.1, 0.15) is 49.0 Å². The average molecular weight is 404 g/mol. The number of ether oxygens (including phenoxy) is 1. The van der Waals surface area contributed by atoms with Crippen molar-refractivity contribution in [2.24, 2.45) is 5.92 Å². The number of amides is 1. The van der Waals surface area contributed by atoms with Crippen LogP contribution in [0.25, 0.3) is 16.6 Å². The Labute approximate surface area is 173 Å². The maximum Gasteiger partial charge on any atom is 0.259 e. The van der Waals surface area contributed by atoms with Crippen LogP contribution in [0.5, 0.6) is 5.75 Å². The molecule has 1 aliphatic rings. The van der Waals surface area contributed by atoms with Crippen LogP contribution >= 0.6 is 0 Å². The van der Waals surface area contributed by atoms with Gasteiger partial charge in [0.25, 0.3) is 5.91 Å². The Morgan fingerprint density at radius 2 is 2.20 bits per heavy atom. The number of aromatic nitrogens is 5. The number of fused-ring (bicyclic) bond motifs is 2. The molecule has 1 N–H and O–H groups in total. The van der Waals surface area contributed by atoms with E-state index in [0.29, 0.717) is 34.6 Å². The van der Waals surface area contributed by atoms with Crippen LogP contribution in [0.3, 0.4) is 0 Å². The zero-order chi connectivity index (χ0) is 20.7. The number of hydrogen-bond acceptors (Lipinski definition) is 5. The Kier molecular flexibility index (Phi) is 4.61. The second-order valence-electron chi connectivity index (χ2n) is 8.05. The number of rotatable bonds is 4. The summed E-state index contributed by atoms with van der Waals surface area (Å²) >= 11 is 0. The summed E-state index contributed by atoms with van der Waals surface area (Å²) in [5, 5.41) is 12.8. The van der Waals surface area contributed by atoms with Crippen molar-refractivity contribution in [1.29, 1.82) is 0 Å². The molecule has 0 saturated heterocycles. The summed E-state index contributed by atoms with van der Waals surface area (Å²) in [5.41, 5.74) is 2.43. The molecule has 8 heteroatoms. The molecule has 2 atom stereocenters. The van der Waals surface area contributed by atoms with Crippen LogP contribution in [-0.2, 0) is 0 Å². The first-order valence-corrected chi connectivity index (χ1v) is 10.3. The number of carbonyl (C=O) groups excluding carboxylic acids is 1. The highest BCUT2D eigenvalue weighted by molar-refractivity contribution is 6.09. The number of anilines is 1. The molecule has 1 saturated carbocycles. The molecule has 1 aliphatic carbocycles. The molecular weight excluding hydrogens is 380 g/mol. The molecule has 3 heterocycles. The Morgan fingerprint density at radius 3 is 3.03 bits per heavy atom. The Bertz CT molecular complexity index is 1230. The smallest absolute Gasteiger partial charge is 0.259 e. The Hall–Kier alpha value is -3.42. The lowest BCUT2D eigenvalue weighted by Gasteiger charge is -2.26. The molecule has 0 spiro atoms. The molecule has 8 nitrogen and oxygen atoms in total. The lowest BCUT2D eigenvalue weighted by molar-refractivity contribution is 0.102.